The number of phenolic OH excluding ortho intramolecular Hbond substituents is 4. The lowest BCUT2D eigenvalue weighted by molar-refractivity contribution is -0.120. The van der Waals surface area contributed by atoms with E-state index in [1.807, 2.05) is 254 Å². The van der Waals surface area contributed by atoms with Crippen LogP contribution >= 0.6 is 0 Å². The molecule has 0 saturated carbocycles. The van der Waals surface area contributed by atoms with Crippen molar-refractivity contribution in [1.82, 2.24) is 48.7 Å². The molecular formula is C101H110FN11O14. The van der Waals surface area contributed by atoms with Gasteiger partial charge in [-0.3, -0.25) is 24.2 Å². The molecule has 0 unspecified atom stereocenters. The van der Waals surface area contributed by atoms with Gasteiger partial charge in [0.1, 0.15) is 47.7 Å². The van der Waals surface area contributed by atoms with E-state index >= 15 is 0 Å². The number of ether oxygens (including phenoxy) is 2. The van der Waals surface area contributed by atoms with Crippen molar-refractivity contribution in [2.75, 3.05) is 27.0 Å². The van der Waals surface area contributed by atoms with E-state index in [-0.39, 0.29) is 54.4 Å². The molecule has 12 N–H and O–H groups in total. The smallest absolute Gasteiger partial charge is 0.348 e. The first-order chi connectivity index (χ1) is 62.1. The van der Waals surface area contributed by atoms with Gasteiger partial charge in [-0.2, -0.15) is 10.2 Å². The number of halogens is 1. The Hall–Kier alpha value is -14.7. The number of benzene rings is 11. The number of nitrogens with two attached hydrogens (primary N) is 1. The first kappa shape index (κ1) is 94.5. The van der Waals surface area contributed by atoms with E-state index in [0.29, 0.717) is 102 Å². The Morgan fingerprint density at radius 3 is 1.31 bits per heavy atom. The van der Waals surface area contributed by atoms with Crippen molar-refractivity contribution in [2.45, 2.75) is 98.2 Å². The van der Waals surface area contributed by atoms with Crippen LogP contribution in [0.25, 0.3) is 66.9 Å². The maximum atomic E-state index is 12.8. The molecule has 0 atom stereocenters. The number of aliphatic hydroxyl groups is 3. The highest BCUT2D eigenvalue weighted by atomic mass is 19.1. The molecule has 5 heterocycles. The fourth-order valence-corrected chi connectivity index (χ4v) is 13.8. The van der Waals surface area contributed by atoms with Crippen molar-refractivity contribution in [2.24, 2.45) is 27.0 Å². The summed E-state index contributed by atoms with van der Waals surface area (Å²) in [4.78, 5) is 57.6. The summed E-state index contributed by atoms with van der Waals surface area (Å²) in [5.41, 5.74) is 17.5. The van der Waals surface area contributed by atoms with Gasteiger partial charge in [-0.25, -0.2) is 34.8 Å². The molecule has 25 nitrogen and oxygen atoms in total. The lowest BCUT2D eigenvalue weighted by atomic mass is 10.1. The second kappa shape index (κ2) is 49.6. The van der Waals surface area contributed by atoms with E-state index in [0.717, 1.165) is 117 Å². The molecule has 0 aliphatic carbocycles. The average Bonchev–Trinajstić information content (AvgIpc) is 1.65. The van der Waals surface area contributed by atoms with Crippen molar-refractivity contribution in [3.8, 4) is 68.6 Å². The number of rotatable bonds is 26. The molecule has 11 aromatic carbocycles. The molecule has 16 aromatic rings. The van der Waals surface area contributed by atoms with Gasteiger partial charge in [0, 0.05) is 86.9 Å². The predicted octanol–water partition coefficient (Wildman–Crippen LogP) is 16.5. The molecular weight excluding hydrogens is 1610 g/mol. The van der Waals surface area contributed by atoms with Gasteiger partial charge >= 0.3 is 11.4 Å². The highest BCUT2D eigenvalue weighted by molar-refractivity contribution is 5.86. The van der Waals surface area contributed by atoms with Gasteiger partial charge in [0.2, 0.25) is 5.91 Å². The minimum Gasteiger partial charge on any atom is -0.508 e. The number of hydrogen-bond donors (Lipinski definition) is 11. The Morgan fingerprint density at radius 2 is 0.835 bits per heavy atom. The summed E-state index contributed by atoms with van der Waals surface area (Å²) in [5, 5.41) is 81.3. The topological polar surface area (TPSA) is 365 Å². The minimum atomic E-state index is -1.00. The highest BCUT2D eigenvalue weighted by Crippen LogP contribution is 2.34. The van der Waals surface area contributed by atoms with Crippen LogP contribution in [-0.4, -0.2) is 124 Å². The quantitative estimate of drug-likeness (QED) is 0.0104. The van der Waals surface area contributed by atoms with Crippen LogP contribution in [0.5, 0.6) is 34.5 Å². The fourth-order valence-electron chi connectivity index (χ4n) is 13.8. The first-order valence-corrected chi connectivity index (χ1v) is 41.5. The number of alkyl halides is 1. The van der Waals surface area contributed by atoms with Crippen LogP contribution in [0.2, 0.25) is 0 Å². The van der Waals surface area contributed by atoms with Gasteiger partial charge in [0.15, 0.2) is 24.2 Å². The second-order valence-electron chi connectivity index (χ2n) is 29.5. The largest absolute Gasteiger partial charge is 0.508 e. The summed E-state index contributed by atoms with van der Waals surface area (Å²) in [6.07, 6.45) is 15.6. The van der Waals surface area contributed by atoms with Crippen LogP contribution in [0.1, 0.15) is 112 Å². The molecule has 127 heavy (non-hydrogen) atoms. The zero-order valence-corrected chi connectivity index (χ0v) is 72.0. The third kappa shape index (κ3) is 27.6. The van der Waals surface area contributed by atoms with Gasteiger partial charge in [-0.15, -0.1) is 0 Å². The number of carbonyl (C=O) groups excluding carboxylic acids is 3. The lowest BCUT2D eigenvalue weighted by Crippen LogP contribution is -2.31. The van der Waals surface area contributed by atoms with Crippen LogP contribution < -0.4 is 32.1 Å². The number of H-pyrrole nitrogens is 2. The molecule has 0 spiro atoms. The van der Waals surface area contributed by atoms with Crippen LogP contribution in [0.15, 0.2) is 283 Å². The number of amides is 1. The number of aryl methyl sites for hydroxylation is 6. The van der Waals surface area contributed by atoms with Crippen LogP contribution in [-0.2, 0) is 84.1 Å². The summed E-state index contributed by atoms with van der Waals surface area (Å²) in [6.45, 7) is 7.37. The van der Waals surface area contributed by atoms with Crippen LogP contribution in [0, 0.1) is 0 Å². The van der Waals surface area contributed by atoms with E-state index in [4.69, 9.17) is 37.1 Å². The number of fused-ring (bicyclic) bond motifs is 3. The molecule has 0 aliphatic rings. The molecule has 1 amide bonds. The zero-order valence-electron chi connectivity index (χ0n) is 73.0. The maximum Gasteiger partial charge on any atom is 0.348 e. The SMILES string of the molecule is CCCc1ccc(C=O)c(O)c1.CCCc1ccc(C=O)c(OCc2ccccc2)c1.CCCc1cccc(O)c1.Cn1ccc2cc(-n3c(-c4ccc(CCO)cc4O)n[nH]c3=O)ccc21.Cn1ccc2cc(-n3c(-c4ccc(CCO)cc4OCc4ccccc4)n[nH]c3=O)ccc21.Cn1ccc2ccc(CC(=O)NN)cc21.OCCc1cccc(O)c1.[2H]CF. The Morgan fingerprint density at radius 1 is 0.433 bits per heavy atom. The van der Waals surface area contributed by atoms with E-state index in [1.165, 1.54) is 21.1 Å². The van der Waals surface area contributed by atoms with Crippen molar-refractivity contribution in [3.05, 3.63) is 356 Å². The summed E-state index contributed by atoms with van der Waals surface area (Å²) >= 11 is 0. The Labute approximate surface area is 737 Å². The summed E-state index contributed by atoms with van der Waals surface area (Å²) in [7, 11) is 4.93. The standard InChI is InChI=1S/C26H24N4O3.C19H18N4O3.C17H18O2.C11H13N3O.C10H12O2.C9H12O.C8H10O2.CH3F/c1-29-13-11-20-16-21(8-10-23(20)29)30-25(27-28-26(30)32)22-9-7-18(12-14-31)15-24(22)33-17-19-5-3-2-4-6-19;1-22-8-6-13-11-14(3-5-16(13)22)23-18(20-21-19(23)26)15-4-2-12(7-9-24)10-17(15)25;1-2-6-14-9-10-16(12-18)17(11-14)19-13-15-7-4-3-5-8-15;1-14-5-4-9-3-2-8(6-10(9)14)7-11(15)13-12;1-2-3-8-4-5-9(7-11)10(12)6-8;1-2-4-8-5-3-6-9(10)7-8;9-5-4-7-2-1-3-8(10)6-7;1-2/h2-11,13,15-16,31H,12,14,17H2,1H3,(H,28,32);2-6,8,10-11,24-25H,7,9H2,1H3,(H,21,26);3-5,7-12H,2,6,13H2,1H3;2-6H,7,12H2,1H3,(H,13,15);4-7,12H,2-3H2,1H3;3,5-7,10H,2,4H2,1H3;1-3,6,9-10H,4-5H2;1H3/i;;;;;;;1D. The predicted molar refractivity (Wildman–Crippen MR) is 497 cm³/mol. The third-order valence-electron chi connectivity index (χ3n) is 20.2. The Balaban J connectivity index is 0.000000175. The minimum absolute atomic E-state index is 0.00297. The molecule has 16 rings (SSSR count). The third-order valence-corrected chi connectivity index (χ3v) is 20.2. The Bertz CT molecular complexity index is 6290. The molecule has 660 valence electrons. The maximum absolute atomic E-state index is 12.8. The highest BCUT2D eigenvalue weighted by Gasteiger charge is 2.21. The molecule has 0 aliphatic heterocycles. The molecule has 0 saturated heterocycles. The lowest BCUT2D eigenvalue weighted by Gasteiger charge is -2.14. The summed E-state index contributed by atoms with van der Waals surface area (Å²) in [5.74, 6) is 7.65. The molecule has 26 heteroatoms. The number of nitrogens with zero attached hydrogens (tertiary/aromatic N) is 7. The van der Waals surface area contributed by atoms with E-state index in [1.54, 1.807) is 59.2 Å². The van der Waals surface area contributed by atoms with E-state index in [2.05, 4.69) is 46.6 Å². The van der Waals surface area contributed by atoms with Crippen LogP contribution in [0.3, 0.4) is 0 Å². The number of nitrogens with one attached hydrogen (secondary N) is 3. The van der Waals surface area contributed by atoms with Crippen molar-refractivity contribution in [1.29, 1.82) is 0 Å². The number of hydrogen-bond acceptors (Lipinski definition) is 17. The number of aliphatic hydroxyl groups excluding tert-OH is 3. The van der Waals surface area contributed by atoms with E-state index < -0.39 is 7.15 Å². The Kier molecular flexibility index (Phi) is 36.9. The number of carbonyl (C=O) groups is 3. The number of aromatic amines is 2. The summed E-state index contributed by atoms with van der Waals surface area (Å²) in [6, 6.07) is 79.4. The molecule has 0 radical (unpaired) electrons. The first-order valence-electron chi connectivity index (χ1n) is 42.2. The van der Waals surface area contributed by atoms with Crippen molar-refractivity contribution < 1.29 is 65.4 Å². The van der Waals surface area contributed by atoms with Gasteiger partial charge in [-0.1, -0.05) is 161 Å². The van der Waals surface area contributed by atoms with Gasteiger partial charge in [0.05, 0.1) is 48.6 Å². The molecule has 5 aromatic heterocycles. The second-order valence-corrected chi connectivity index (χ2v) is 29.5. The number of aromatic hydroxyl groups is 4. The number of phenols is 4. The van der Waals surface area contributed by atoms with Gasteiger partial charge in [-0.05, 0) is 227 Å². The fraction of sp³-hybridized carbons (Fsp3) is 0.218. The van der Waals surface area contributed by atoms with Crippen LogP contribution in [0.4, 0.5) is 4.39 Å². The van der Waals surface area contributed by atoms with Crippen molar-refractivity contribution in [3.63, 3.8) is 0 Å². The molecule has 0 fully saturated rings. The number of aromatic nitrogens is 9. The number of aldehydes is 2. The molecule has 0 bridgehead atoms. The zero-order chi connectivity index (χ0) is 91.9. The van der Waals surface area contributed by atoms with Gasteiger partial charge in [0.25, 0.3) is 0 Å². The van der Waals surface area contributed by atoms with Gasteiger partial charge < -0.3 is 58.9 Å². The van der Waals surface area contributed by atoms with Crippen molar-refractivity contribution >= 4 is 51.2 Å². The number of hydrazine groups is 1. The van der Waals surface area contributed by atoms with E-state index in [9.17, 15) is 43.7 Å². The normalized spacial score (nSPS) is 10.6. The summed E-state index contributed by atoms with van der Waals surface area (Å²) < 4.78 is 36.5. The average molecular weight is 1720 g/mol. The monoisotopic (exact) mass is 1720 g/mol.